The fourth-order valence-electron chi connectivity index (χ4n) is 2.74. The summed E-state index contributed by atoms with van der Waals surface area (Å²) in [6.07, 6.45) is 0. The van der Waals surface area contributed by atoms with Gasteiger partial charge in [0.1, 0.15) is 5.82 Å². The normalized spacial score (nSPS) is 14.4. The minimum Gasteiger partial charge on any atom is -0.357 e. The Bertz CT molecular complexity index is 747. The van der Waals surface area contributed by atoms with Crippen molar-refractivity contribution in [2.45, 2.75) is 6.92 Å². The van der Waals surface area contributed by atoms with E-state index in [2.05, 4.69) is 44.9 Å². The second kappa shape index (κ2) is 4.94. The predicted molar refractivity (Wildman–Crippen MR) is 86.2 cm³/mol. The van der Waals surface area contributed by atoms with E-state index in [1.165, 1.54) is 16.7 Å². The summed E-state index contributed by atoms with van der Waals surface area (Å²) >= 11 is 3.33. The first kappa shape index (κ1) is 13.2. The van der Waals surface area contributed by atoms with Crippen molar-refractivity contribution in [3.8, 4) is 0 Å². The Morgan fingerprint density at radius 1 is 1.25 bits per heavy atom. The van der Waals surface area contributed by atoms with Gasteiger partial charge in [-0.3, -0.25) is 4.79 Å². The van der Waals surface area contributed by atoms with E-state index < -0.39 is 0 Å². The number of hydrogen-bond acceptors (Lipinski definition) is 2. The Morgan fingerprint density at radius 2 is 1.95 bits per heavy atom. The zero-order valence-electron chi connectivity index (χ0n) is 11.4. The molecule has 0 spiro atoms. The third kappa shape index (κ3) is 2.10. The Balaban J connectivity index is 2.29. The maximum atomic E-state index is 11.8. The van der Waals surface area contributed by atoms with E-state index in [9.17, 15) is 4.79 Å². The zero-order valence-corrected chi connectivity index (χ0v) is 13.0. The maximum Gasteiger partial charge on any atom is 0.263 e. The van der Waals surface area contributed by atoms with Crippen molar-refractivity contribution in [2.75, 3.05) is 18.5 Å². The van der Waals surface area contributed by atoms with Crippen LogP contribution in [-0.4, -0.2) is 18.6 Å². The lowest BCUT2D eigenvalue weighted by Gasteiger charge is -2.30. The molecule has 3 rings (SSSR count). The molecule has 1 aliphatic rings. The fourth-order valence-corrected chi connectivity index (χ4v) is 3.07. The summed E-state index contributed by atoms with van der Waals surface area (Å²) in [7, 11) is 1.99. The number of hydrogen-bond donors (Lipinski definition) is 1. The number of rotatable bonds is 1. The van der Waals surface area contributed by atoms with E-state index in [-0.39, 0.29) is 5.56 Å². The van der Waals surface area contributed by atoms with E-state index in [1.807, 2.05) is 31.3 Å². The number of fused-ring (bicyclic) bond motifs is 1. The zero-order chi connectivity index (χ0) is 14.3. The molecule has 0 radical (unpaired) electrons. The average molecular weight is 331 g/mol. The Hall–Kier alpha value is -1.81. The molecule has 1 aromatic carbocycles. The predicted octanol–water partition coefficient (Wildman–Crippen LogP) is 3.41. The van der Waals surface area contributed by atoms with Crippen LogP contribution in [0.2, 0.25) is 0 Å². The highest BCUT2D eigenvalue weighted by atomic mass is 79.9. The van der Waals surface area contributed by atoms with Crippen molar-refractivity contribution in [1.29, 1.82) is 0 Å². The van der Waals surface area contributed by atoms with Gasteiger partial charge in [-0.1, -0.05) is 30.3 Å². The monoisotopic (exact) mass is 330 g/mol. The van der Waals surface area contributed by atoms with Gasteiger partial charge in [0.2, 0.25) is 0 Å². The van der Waals surface area contributed by atoms with Gasteiger partial charge in [-0.25, -0.2) is 0 Å². The molecule has 0 aliphatic carbocycles. The largest absolute Gasteiger partial charge is 0.357 e. The summed E-state index contributed by atoms with van der Waals surface area (Å²) in [4.78, 5) is 16.8. The standard InChI is InChI=1S/C16H15BrN2O/c1-10-9-19(2)15-12(8-13(17)16(20)18-15)14(10)11-6-4-3-5-7-11/h3-8H,9H2,1-2H3,(H,18,20). The van der Waals surface area contributed by atoms with Gasteiger partial charge in [-0.05, 0) is 45.6 Å². The highest BCUT2D eigenvalue weighted by Gasteiger charge is 2.22. The average Bonchev–Trinajstić information content (AvgIpc) is 2.42. The minimum atomic E-state index is -0.0948. The van der Waals surface area contributed by atoms with Gasteiger partial charge in [0.05, 0.1) is 4.47 Å². The highest BCUT2D eigenvalue weighted by molar-refractivity contribution is 9.10. The topological polar surface area (TPSA) is 36.1 Å². The van der Waals surface area contributed by atoms with Gasteiger partial charge in [-0.2, -0.15) is 0 Å². The van der Waals surface area contributed by atoms with E-state index in [0.717, 1.165) is 17.9 Å². The number of pyridine rings is 1. The molecule has 1 N–H and O–H groups in total. The molecule has 3 nitrogen and oxygen atoms in total. The third-order valence-corrected chi connectivity index (χ3v) is 4.18. The molecule has 2 heterocycles. The number of aromatic nitrogens is 1. The molecule has 0 atom stereocenters. The molecule has 0 bridgehead atoms. The molecule has 0 unspecified atom stereocenters. The van der Waals surface area contributed by atoms with Crippen LogP contribution in [0.1, 0.15) is 18.1 Å². The van der Waals surface area contributed by atoms with Crippen LogP contribution in [0.4, 0.5) is 5.82 Å². The molecular formula is C16H15BrN2O. The number of benzene rings is 1. The lowest BCUT2D eigenvalue weighted by atomic mass is 9.91. The molecule has 20 heavy (non-hydrogen) atoms. The molecule has 1 aliphatic heterocycles. The molecule has 0 saturated heterocycles. The molecular weight excluding hydrogens is 316 g/mol. The summed E-state index contributed by atoms with van der Waals surface area (Å²) in [5, 5.41) is 0. The van der Waals surface area contributed by atoms with Crippen molar-refractivity contribution in [3.63, 3.8) is 0 Å². The summed E-state index contributed by atoms with van der Waals surface area (Å²) in [6.45, 7) is 2.95. The van der Waals surface area contributed by atoms with Crippen molar-refractivity contribution >= 4 is 27.3 Å². The fraction of sp³-hybridized carbons (Fsp3) is 0.188. The van der Waals surface area contributed by atoms with Crippen molar-refractivity contribution < 1.29 is 0 Å². The third-order valence-electron chi connectivity index (χ3n) is 3.59. The second-order valence-electron chi connectivity index (χ2n) is 5.09. The van der Waals surface area contributed by atoms with Crippen LogP contribution in [0.25, 0.3) is 5.57 Å². The number of nitrogens with one attached hydrogen (secondary N) is 1. The summed E-state index contributed by atoms with van der Waals surface area (Å²) < 4.78 is 0.563. The Morgan fingerprint density at radius 3 is 2.65 bits per heavy atom. The smallest absolute Gasteiger partial charge is 0.263 e. The molecule has 0 fully saturated rings. The van der Waals surface area contributed by atoms with Gasteiger partial charge >= 0.3 is 0 Å². The first-order valence-electron chi connectivity index (χ1n) is 6.47. The van der Waals surface area contributed by atoms with Crippen molar-refractivity contribution in [3.05, 3.63) is 67.9 Å². The van der Waals surface area contributed by atoms with Crippen molar-refractivity contribution in [2.24, 2.45) is 0 Å². The van der Waals surface area contributed by atoms with Crippen LogP contribution >= 0.6 is 15.9 Å². The lowest BCUT2D eigenvalue weighted by molar-refractivity contribution is 0.922. The quantitative estimate of drug-likeness (QED) is 0.869. The maximum absolute atomic E-state index is 11.8. The number of likely N-dealkylation sites (N-methyl/N-ethyl adjacent to an activating group) is 1. The highest BCUT2D eigenvalue weighted by Crippen LogP contribution is 2.36. The lowest BCUT2D eigenvalue weighted by Crippen LogP contribution is -2.29. The Labute approximate surface area is 126 Å². The number of anilines is 1. The van der Waals surface area contributed by atoms with Gasteiger partial charge < -0.3 is 9.88 Å². The first-order chi connectivity index (χ1) is 9.58. The molecule has 2 aromatic rings. The number of halogens is 1. The van der Waals surface area contributed by atoms with E-state index >= 15 is 0 Å². The molecule has 4 heteroatoms. The van der Waals surface area contributed by atoms with Crippen LogP contribution in [0.5, 0.6) is 0 Å². The molecule has 102 valence electrons. The van der Waals surface area contributed by atoms with Crippen LogP contribution < -0.4 is 10.5 Å². The minimum absolute atomic E-state index is 0.0948. The van der Waals surface area contributed by atoms with Crippen LogP contribution in [0.15, 0.2) is 51.2 Å². The van der Waals surface area contributed by atoms with Gasteiger partial charge in [0, 0.05) is 19.2 Å². The van der Waals surface area contributed by atoms with E-state index in [4.69, 9.17) is 0 Å². The van der Waals surface area contributed by atoms with Crippen molar-refractivity contribution in [1.82, 2.24) is 4.98 Å². The van der Waals surface area contributed by atoms with Gasteiger partial charge in [-0.15, -0.1) is 0 Å². The van der Waals surface area contributed by atoms with Crippen LogP contribution in [0, 0.1) is 0 Å². The number of aromatic amines is 1. The summed E-state index contributed by atoms with van der Waals surface area (Å²) in [6, 6.07) is 12.2. The Kier molecular flexibility index (Phi) is 3.26. The summed E-state index contributed by atoms with van der Waals surface area (Å²) in [5.41, 5.74) is 4.65. The molecule has 1 aromatic heterocycles. The molecule has 0 saturated carbocycles. The molecule has 0 amide bonds. The number of nitrogens with zero attached hydrogens (tertiary/aromatic N) is 1. The SMILES string of the molecule is CC1=C(c2ccccc2)c2cc(Br)c(=O)[nH]c2N(C)C1. The van der Waals surface area contributed by atoms with E-state index in [0.29, 0.717) is 4.47 Å². The first-order valence-corrected chi connectivity index (χ1v) is 7.26. The van der Waals surface area contributed by atoms with Crippen LogP contribution in [0.3, 0.4) is 0 Å². The van der Waals surface area contributed by atoms with Gasteiger partial charge in [0.15, 0.2) is 0 Å². The van der Waals surface area contributed by atoms with E-state index in [1.54, 1.807) is 0 Å². The summed E-state index contributed by atoms with van der Waals surface area (Å²) in [5.74, 6) is 0.877. The second-order valence-corrected chi connectivity index (χ2v) is 5.94. The number of H-pyrrole nitrogens is 1. The van der Waals surface area contributed by atoms with Crippen LogP contribution in [-0.2, 0) is 0 Å². The van der Waals surface area contributed by atoms with Gasteiger partial charge in [0.25, 0.3) is 5.56 Å².